The van der Waals surface area contributed by atoms with Gasteiger partial charge in [-0.05, 0) is 12.1 Å². The maximum Gasteiger partial charge on any atom is 0.141 e. The van der Waals surface area contributed by atoms with E-state index in [0.717, 1.165) is 5.39 Å². The van der Waals surface area contributed by atoms with Crippen molar-refractivity contribution in [3.05, 3.63) is 36.5 Å². The van der Waals surface area contributed by atoms with Crippen LogP contribution < -0.4 is 0 Å². The van der Waals surface area contributed by atoms with Gasteiger partial charge in [0.25, 0.3) is 0 Å². The van der Waals surface area contributed by atoms with Crippen molar-refractivity contribution in [2.75, 3.05) is 0 Å². The molecule has 0 saturated carbocycles. The maximum atomic E-state index is 9.31. The Hall–Kier alpha value is -0.284. The first kappa shape index (κ1) is 9.80. The summed E-state index contributed by atoms with van der Waals surface area (Å²) in [5, 5.41) is 10.3. The third-order valence-corrected chi connectivity index (χ3v) is 1.61. The van der Waals surface area contributed by atoms with E-state index in [1.54, 1.807) is 18.3 Å². The Morgan fingerprint density at radius 2 is 1.83 bits per heavy atom. The summed E-state index contributed by atoms with van der Waals surface area (Å²) in [5.41, 5.74) is 0.662. The number of benzene rings is 1. The molecule has 0 fully saturated rings. The normalized spacial score (nSPS) is 9.33. The monoisotopic (exact) mass is 304 g/mol. The Morgan fingerprint density at radius 3 is 2.58 bits per heavy atom. The van der Waals surface area contributed by atoms with Gasteiger partial charge in [0.2, 0.25) is 0 Å². The van der Waals surface area contributed by atoms with Crippen LogP contribution in [0.4, 0.5) is 0 Å². The van der Waals surface area contributed by atoms with Crippen molar-refractivity contribution >= 4 is 10.9 Å². The SMILES string of the molecule is Oc1cccc2cccnc12.[Tb]. The summed E-state index contributed by atoms with van der Waals surface area (Å²) in [6, 6.07) is 9.13. The smallest absolute Gasteiger partial charge is 0.141 e. The molecule has 3 heteroatoms. The fourth-order valence-electron chi connectivity index (χ4n) is 1.09. The van der Waals surface area contributed by atoms with Crippen LogP contribution >= 0.6 is 0 Å². The van der Waals surface area contributed by atoms with Crippen LogP contribution in [-0.4, -0.2) is 10.1 Å². The fraction of sp³-hybridized carbons (Fsp3) is 0. The molecule has 0 amide bonds. The van der Waals surface area contributed by atoms with Crippen LogP contribution in [0, 0.1) is 38.6 Å². The van der Waals surface area contributed by atoms with Crippen LogP contribution in [0.5, 0.6) is 5.75 Å². The maximum absolute atomic E-state index is 9.31. The molecule has 0 unspecified atom stereocenters. The molecule has 1 N–H and O–H groups in total. The molecular weight excluding hydrogens is 297 g/mol. The van der Waals surface area contributed by atoms with E-state index >= 15 is 0 Å². The zero-order valence-electron chi connectivity index (χ0n) is 6.19. The molecule has 0 spiro atoms. The van der Waals surface area contributed by atoms with Gasteiger partial charge in [0.15, 0.2) is 0 Å². The van der Waals surface area contributed by atoms with Gasteiger partial charge in [0, 0.05) is 50.2 Å². The molecule has 0 bridgehead atoms. The van der Waals surface area contributed by atoms with Crippen LogP contribution in [0.3, 0.4) is 0 Å². The molecule has 1 aromatic heterocycles. The van der Waals surface area contributed by atoms with E-state index in [1.165, 1.54) is 0 Å². The van der Waals surface area contributed by atoms with Gasteiger partial charge >= 0.3 is 0 Å². The zero-order valence-corrected chi connectivity index (χ0v) is 8.33. The van der Waals surface area contributed by atoms with E-state index in [2.05, 4.69) is 4.98 Å². The molecule has 0 aliphatic rings. The third kappa shape index (κ3) is 1.72. The molecule has 2 rings (SSSR count). The summed E-state index contributed by atoms with van der Waals surface area (Å²) in [5.74, 6) is 0.239. The van der Waals surface area contributed by atoms with Gasteiger partial charge < -0.3 is 5.11 Å². The molecule has 2 nitrogen and oxygen atoms in total. The average molecular weight is 304 g/mol. The van der Waals surface area contributed by atoms with Gasteiger partial charge in [0.1, 0.15) is 11.3 Å². The molecule has 1 heterocycles. The number of hydrogen-bond acceptors (Lipinski definition) is 2. The van der Waals surface area contributed by atoms with Crippen molar-refractivity contribution in [2.45, 2.75) is 0 Å². The summed E-state index contributed by atoms with van der Waals surface area (Å²) in [6.07, 6.45) is 1.67. The molecular formula is C9H7NOTb. The van der Waals surface area contributed by atoms with Gasteiger partial charge in [-0.2, -0.15) is 0 Å². The number of phenolic OH excluding ortho intramolecular Hbond substituents is 1. The number of aromatic nitrogens is 1. The van der Waals surface area contributed by atoms with Crippen LogP contribution in [0.2, 0.25) is 0 Å². The Balaban J connectivity index is 0.000000720. The Kier molecular flexibility index (Phi) is 3.34. The number of fused-ring (bicyclic) bond motifs is 1. The quantitative estimate of drug-likeness (QED) is 0.807. The van der Waals surface area contributed by atoms with E-state index in [4.69, 9.17) is 0 Å². The van der Waals surface area contributed by atoms with Crippen LogP contribution in [-0.2, 0) is 0 Å². The van der Waals surface area contributed by atoms with Gasteiger partial charge in [-0.15, -0.1) is 0 Å². The summed E-state index contributed by atoms with van der Waals surface area (Å²) in [6.45, 7) is 0. The van der Waals surface area contributed by atoms with Crippen LogP contribution in [0.25, 0.3) is 10.9 Å². The Bertz CT molecular complexity index is 384. The number of nitrogens with zero attached hydrogens (tertiary/aromatic N) is 1. The molecule has 1 aromatic carbocycles. The minimum absolute atomic E-state index is 0. The standard InChI is InChI=1S/C9H7NO.Tb/c11-8-5-1-3-7-4-2-6-10-9(7)8;/h1-6,11H;. The van der Waals surface area contributed by atoms with Crippen molar-refractivity contribution in [3.63, 3.8) is 0 Å². The first-order chi connectivity index (χ1) is 5.38. The molecule has 0 aliphatic carbocycles. The van der Waals surface area contributed by atoms with Crippen molar-refractivity contribution in [3.8, 4) is 5.75 Å². The second kappa shape index (κ2) is 4.10. The predicted octanol–water partition coefficient (Wildman–Crippen LogP) is 1.94. The second-order valence-electron chi connectivity index (χ2n) is 2.35. The van der Waals surface area contributed by atoms with E-state index in [9.17, 15) is 5.11 Å². The Morgan fingerprint density at radius 1 is 1.08 bits per heavy atom. The van der Waals surface area contributed by atoms with E-state index in [0.29, 0.717) is 5.52 Å². The van der Waals surface area contributed by atoms with Crippen molar-refractivity contribution < 1.29 is 43.7 Å². The Labute approximate surface area is 101 Å². The van der Waals surface area contributed by atoms with E-state index in [-0.39, 0.29) is 44.4 Å². The number of aromatic hydroxyl groups is 1. The van der Waals surface area contributed by atoms with Gasteiger partial charge in [-0.3, -0.25) is 4.98 Å². The number of pyridine rings is 1. The summed E-state index contributed by atoms with van der Waals surface area (Å²) in [7, 11) is 0. The van der Waals surface area contributed by atoms with Crippen LogP contribution in [0.1, 0.15) is 0 Å². The zero-order chi connectivity index (χ0) is 7.68. The number of rotatable bonds is 0. The molecule has 0 aliphatic heterocycles. The van der Waals surface area contributed by atoms with Gasteiger partial charge in [-0.1, -0.05) is 18.2 Å². The largest absolute Gasteiger partial charge is 0.506 e. The van der Waals surface area contributed by atoms with Gasteiger partial charge in [0.05, 0.1) is 0 Å². The number of para-hydroxylation sites is 1. The minimum atomic E-state index is 0. The molecule has 2 aromatic rings. The third-order valence-electron chi connectivity index (χ3n) is 1.61. The first-order valence-electron chi connectivity index (χ1n) is 3.40. The molecule has 0 saturated heterocycles. The summed E-state index contributed by atoms with van der Waals surface area (Å²) in [4.78, 5) is 4.03. The van der Waals surface area contributed by atoms with Crippen molar-refractivity contribution in [1.82, 2.24) is 4.98 Å². The second-order valence-corrected chi connectivity index (χ2v) is 2.35. The van der Waals surface area contributed by atoms with E-state index in [1.807, 2.05) is 18.2 Å². The molecule has 12 heavy (non-hydrogen) atoms. The number of hydrogen-bond donors (Lipinski definition) is 1. The van der Waals surface area contributed by atoms with E-state index < -0.39 is 0 Å². The van der Waals surface area contributed by atoms with Gasteiger partial charge in [-0.25, -0.2) is 0 Å². The van der Waals surface area contributed by atoms with Crippen molar-refractivity contribution in [2.24, 2.45) is 0 Å². The first-order valence-corrected chi connectivity index (χ1v) is 3.40. The van der Waals surface area contributed by atoms with Crippen LogP contribution in [0.15, 0.2) is 36.5 Å². The average Bonchev–Trinajstić information content (AvgIpc) is 2.06. The predicted molar refractivity (Wildman–Crippen MR) is 43.4 cm³/mol. The molecule has 0 atom stereocenters. The fourth-order valence-corrected chi connectivity index (χ4v) is 1.09. The summed E-state index contributed by atoms with van der Waals surface area (Å²) < 4.78 is 0. The molecule has 1 radical (unpaired) electrons. The summed E-state index contributed by atoms with van der Waals surface area (Å²) >= 11 is 0. The topological polar surface area (TPSA) is 33.1 Å². The minimum Gasteiger partial charge on any atom is -0.506 e. The van der Waals surface area contributed by atoms with Crippen molar-refractivity contribution in [1.29, 1.82) is 0 Å². The molecule has 63 valence electrons. The number of phenols is 1.